The van der Waals surface area contributed by atoms with Crippen molar-refractivity contribution < 1.29 is 21.6 Å². The van der Waals surface area contributed by atoms with Gasteiger partial charge in [0.1, 0.15) is 6.54 Å². The van der Waals surface area contributed by atoms with E-state index in [0.717, 1.165) is 14.3 Å². The van der Waals surface area contributed by atoms with Crippen LogP contribution in [0.15, 0.2) is 105 Å². The number of aryl methyl sites for hydroxylation is 2. The van der Waals surface area contributed by atoms with Crippen molar-refractivity contribution in [3.8, 4) is 0 Å². The van der Waals surface area contributed by atoms with E-state index in [2.05, 4.69) is 26.0 Å². The van der Waals surface area contributed by atoms with E-state index in [9.17, 15) is 21.6 Å². The molecule has 0 aliphatic heterocycles. The van der Waals surface area contributed by atoms with Gasteiger partial charge in [-0.05, 0) is 98.3 Å². The van der Waals surface area contributed by atoms with Crippen LogP contribution in [0, 0.1) is 13.8 Å². The van der Waals surface area contributed by atoms with Crippen LogP contribution in [0.3, 0.4) is 0 Å². The summed E-state index contributed by atoms with van der Waals surface area (Å²) in [7, 11) is -7.98. The second-order valence-corrected chi connectivity index (χ2v) is 13.8. The summed E-state index contributed by atoms with van der Waals surface area (Å²) >= 11 is 9.39. The zero-order valence-corrected chi connectivity index (χ0v) is 25.4. The molecule has 0 aromatic heterocycles. The molecule has 0 aliphatic carbocycles. The number of amides is 1. The molecule has 4 rings (SSSR count). The van der Waals surface area contributed by atoms with E-state index in [0.29, 0.717) is 27.6 Å². The minimum Gasteiger partial charge on any atom is -0.325 e. The molecular formula is C28H25BrClN3O5S2. The van der Waals surface area contributed by atoms with E-state index < -0.39 is 32.5 Å². The van der Waals surface area contributed by atoms with Crippen LogP contribution in [0.4, 0.5) is 17.1 Å². The molecule has 0 saturated carbocycles. The van der Waals surface area contributed by atoms with Crippen LogP contribution in [-0.2, 0) is 24.8 Å². The third kappa shape index (κ3) is 7.03. The van der Waals surface area contributed by atoms with Gasteiger partial charge >= 0.3 is 0 Å². The molecule has 1 amide bonds. The summed E-state index contributed by atoms with van der Waals surface area (Å²) in [6.45, 7) is 3.03. The van der Waals surface area contributed by atoms with Gasteiger partial charge in [0.2, 0.25) is 5.91 Å². The Morgan fingerprint density at radius 3 is 1.98 bits per heavy atom. The van der Waals surface area contributed by atoms with Crippen LogP contribution >= 0.6 is 27.5 Å². The monoisotopic (exact) mass is 661 g/mol. The Labute approximate surface area is 247 Å². The van der Waals surface area contributed by atoms with Crippen molar-refractivity contribution >= 4 is 70.5 Å². The summed E-state index contributed by atoms with van der Waals surface area (Å²) in [5.41, 5.74) is 2.47. The van der Waals surface area contributed by atoms with Crippen LogP contribution in [0.5, 0.6) is 0 Å². The highest BCUT2D eigenvalue weighted by Crippen LogP contribution is 2.29. The molecule has 4 aromatic rings. The van der Waals surface area contributed by atoms with Gasteiger partial charge in [0.05, 0.1) is 15.5 Å². The fourth-order valence-electron chi connectivity index (χ4n) is 3.82. The zero-order valence-electron chi connectivity index (χ0n) is 21.4. The van der Waals surface area contributed by atoms with Crippen molar-refractivity contribution in [2.75, 3.05) is 20.9 Å². The maximum absolute atomic E-state index is 13.6. The fourth-order valence-corrected chi connectivity index (χ4v) is 6.85. The molecule has 4 aromatic carbocycles. The summed E-state index contributed by atoms with van der Waals surface area (Å²) < 4.78 is 57.1. The van der Waals surface area contributed by atoms with Crippen LogP contribution < -0.4 is 14.3 Å². The first-order valence-corrected chi connectivity index (χ1v) is 16.0. The molecule has 0 radical (unpaired) electrons. The molecule has 0 aliphatic rings. The maximum atomic E-state index is 13.6. The first-order valence-electron chi connectivity index (χ1n) is 11.9. The van der Waals surface area contributed by atoms with Gasteiger partial charge in [0.15, 0.2) is 0 Å². The average Bonchev–Trinajstić information content (AvgIpc) is 2.89. The van der Waals surface area contributed by atoms with E-state index in [-0.39, 0.29) is 9.79 Å². The zero-order chi connectivity index (χ0) is 29.1. The number of hydrogen-bond acceptors (Lipinski definition) is 5. The van der Waals surface area contributed by atoms with Crippen LogP contribution in [0.1, 0.15) is 11.1 Å². The maximum Gasteiger partial charge on any atom is 0.264 e. The van der Waals surface area contributed by atoms with Gasteiger partial charge < -0.3 is 5.32 Å². The van der Waals surface area contributed by atoms with Crippen LogP contribution in [-0.4, -0.2) is 29.3 Å². The summed E-state index contributed by atoms with van der Waals surface area (Å²) in [5, 5.41) is 3.08. The Kier molecular flexibility index (Phi) is 8.89. The smallest absolute Gasteiger partial charge is 0.264 e. The number of nitrogens with zero attached hydrogens (tertiary/aromatic N) is 1. The Morgan fingerprint density at radius 2 is 1.38 bits per heavy atom. The number of sulfonamides is 2. The molecule has 0 fully saturated rings. The van der Waals surface area contributed by atoms with E-state index in [4.69, 9.17) is 11.6 Å². The second-order valence-electron chi connectivity index (χ2n) is 8.94. The van der Waals surface area contributed by atoms with Crippen LogP contribution in [0.2, 0.25) is 5.02 Å². The lowest BCUT2D eigenvalue weighted by molar-refractivity contribution is -0.114. The molecule has 0 bridgehead atoms. The molecular weight excluding hydrogens is 638 g/mol. The van der Waals surface area contributed by atoms with Gasteiger partial charge in [-0.15, -0.1) is 0 Å². The SMILES string of the molecule is Cc1ccc(S(=O)(=O)N(CC(=O)Nc2ccc(S(=O)(=O)Nc3ccc(Br)cc3)cc2)c2ccc(Cl)cc2C)cc1. The summed E-state index contributed by atoms with van der Waals surface area (Å²) in [6.07, 6.45) is 0. The van der Waals surface area contributed by atoms with Gasteiger partial charge in [-0.25, -0.2) is 16.8 Å². The highest BCUT2D eigenvalue weighted by atomic mass is 79.9. The summed E-state index contributed by atoms with van der Waals surface area (Å²) in [5.74, 6) is -0.617. The van der Waals surface area contributed by atoms with Crippen molar-refractivity contribution in [3.63, 3.8) is 0 Å². The number of hydrogen-bond donors (Lipinski definition) is 2. The minimum atomic E-state index is -4.11. The van der Waals surface area contributed by atoms with Gasteiger partial charge in [0, 0.05) is 20.9 Å². The molecule has 12 heteroatoms. The molecule has 0 unspecified atom stereocenters. The molecule has 0 heterocycles. The molecule has 0 saturated heterocycles. The molecule has 0 atom stereocenters. The Bertz CT molecular complexity index is 1750. The van der Waals surface area contributed by atoms with E-state index in [1.54, 1.807) is 61.5 Å². The molecule has 2 N–H and O–H groups in total. The quantitative estimate of drug-likeness (QED) is 0.217. The Morgan fingerprint density at radius 1 is 0.800 bits per heavy atom. The van der Waals surface area contributed by atoms with Gasteiger partial charge in [-0.1, -0.05) is 45.2 Å². The van der Waals surface area contributed by atoms with Crippen molar-refractivity contribution in [1.82, 2.24) is 0 Å². The highest BCUT2D eigenvalue weighted by Gasteiger charge is 2.28. The number of carbonyl (C=O) groups excluding carboxylic acids is 1. The first kappa shape index (κ1) is 29.6. The number of benzene rings is 4. The van der Waals surface area contributed by atoms with Crippen LogP contribution in [0.25, 0.3) is 0 Å². The van der Waals surface area contributed by atoms with E-state index in [1.165, 1.54) is 36.4 Å². The second kappa shape index (κ2) is 12.0. The fraction of sp³-hybridized carbons (Fsp3) is 0.107. The van der Waals surface area contributed by atoms with Gasteiger partial charge in [0.25, 0.3) is 20.0 Å². The third-order valence-corrected chi connectivity index (χ3v) is 9.80. The lowest BCUT2D eigenvalue weighted by atomic mass is 10.2. The first-order chi connectivity index (χ1) is 18.8. The van der Waals surface area contributed by atoms with Crippen molar-refractivity contribution in [1.29, 1.82) is 0 Å². The molecule has 208 valence electrons. The number of carbonyl (C=O) groups is 1. The summed E-state index contributed by atoms with van der Waals surface area (Å²) in [6, 6.07) is 23.3. The van der Waals surface area contributed by atoms with E-state index in [1.807, 2.05) is 6.92 Å². The molecule has 0 spiro atoms. The standard InChI is InChI=1S/C28H25BrClN3O5S2/c1-19-3-12-26(13-4-19)40(37,38)33(27-16-7-22(30)17-20(27)2)18-28(34)31-23-10-14-25(15-11-23)39(35,36)32-24-8-5-21(29)6-9-24/h3-17,32H,18H2,1-2H3,(H,31,34). The Hall–Kier alpha value is -3.38. The number of nitrogens with one attached hydrogen (secondary N) is 2. The predicted octanol–water partition coefficient (Wildman–Crippen LogP) is 6.35. The summed E-state index contributed by atoms with van der Waals surface area (Å²) in [4.78, 5) is 13.1. The van der Waals surface area contributed by atoms with E-state index >= 15 is 0 Å². The normalized spacial score (nSPS) is 11.6. The topological polar surface area (TPSA) is 113 Å². The number of halogens is 2. The molecule has 40 heavy (non-hydrogen) atoms. The number of rotatable bonds is 9. The third-order valence-electron chi connectivity index (χ3n) is 5.87. The average molecular weight is 663 g/mol. The predicted molar refractivity (Wildman–Crippen MR) is 162 cm³/mol. The van der Waals surface area contributed by atoms with Gasteiger partial charge in [-0.2, -0.15) is 0 Å². The van der Waals surface area contributed by atoms with Crippen molar-refractivity contribution in [2.24, 2.45) is 0 Å². The molecule has 8 nitrogen and oxygen atoms in total. The van der Waals surface area contributed by atoms with Crippen molar-refractivity contribution in [2.45, 2.75) is 23.6 Å². The lowest BCUT2D eigenvalue weighted by Crippen LogP contribution is -2.38. The minimum absolute atomic E-state index is 0.00576. The highest BCUT2D eigenvalue weighted by molar-refractivity contribution is 9.10. The number of anilines is 3. The largest absolute Gasteiger partial charge is 0.325 e. The Balaban J connectivity index is 1.55. The van der Waals surface area contributed by atoms with Crippen molar-refractivity contribution in [3.05, 3.63) is 112 Å². The van der Waals surface area contributed by atoms with Gasteiger partial charge in [-0.3, -0.25) is 13.8 Å². The lowest BCUT2D eigenvalue weighted by Gasteiger charge is -2.26.